The Morgan fingerprint density at radius 2 is 2.00 bits per heavy atom. The van der Waals surface area contributed by atoms with Gasteiger partial charge in [0.25, 0.3) is 0 Å². The first-order chi connectivity index (χ1) is 10.9. The summed E-state index contributed by atoms with van der Waals surface area (Å²) in [7, 11) is 1.72. The van der Waals surface area contributed by atoms with Crippen LogP contribution in [0.5, 0.6) is 5.75 Å². The minimum Gasteiger partial charge on any atom is -0.497 e. The Hall–Kier alpha value is -1.06. The molecule has 126 valence electrons. The second kappa shape index (κ2) is 4.97. The molecular formula is C20H28O3. The van der Waals surface area contributed by atoms with Crippen molar-refractivity contribution in [3.05, 3.63) is 29.3 Å². The molecule has 3 aliphatic rings. The summed E-state index contributed by atoms with van der Waals surface area (Å²) in [6.45, 7) is 4.02. The van der Waals surface area contributed by atoms with Gasteiger partial charge in [-0.25, -0.2) is 0 Å². The molecule has 3 aliphatic carbocycles. The number of aliphatic hydroxyl groups is 2. The fourth-order valence-corrected chi connectivity index (χ4v) is 6.02. The lowest BCUT2D eigenvalue weighted by atomic mass is 9.55. The Kier molecular flexibility index (Phi) is 3.34. The molecule has 0 bridgehead atoms. The second-order valence-electron chi connectivity index (χ2n) is 8.49. The average molecular weight is 316 g/mol. The predicted molar refractivity (Wildman–Crippen MR) is 89.6 cm³/mol. The van der Waals surface area contributed by atoms with Crippen LogP contribution >= 0.6 is 0 Å². The number of benzene rings is 1. The SMILES string of the molecule is COc1ccc2c(c1)CC[C@@H]1[C@@H]2CC[C@]2(C)[C@@H]1C[C@](C)(O)[C@H]2O. The molecule has 0 heterocycles. The summed E-state index contributed by atoms with van der Waals surface area (Å²) in [5.74, 6) is 2.52. The highest BCUT2D eigenvalue weighted by Gasteiger charge is 2.61. The average Bonchev–Trinajstić information content (AvgIpc) is 2.73. The molecule has 2 fully saturated rings. The minimum absolute atomic E-state index is 0.130. The van der Waals surface area contributed by atoms with Crippen molar-refractivity contribution in [2.24, 2.45) is 17.3 Å². The summed E-state index contributed by atoms with van der Waals surface area (Å²) in [6, 6.07) is 6.52. The van der Waals surface area contributed by atoms with E-state index in [1.807, 2.05) is 6.92 Å². The predicted octanol–water partition coefficient (Wildman–Crippen LogP) is 3.27. The van der Waals surface area contributed by atoms with Gasteiger partial charge in [-0.05, 0) is 85.5 Å². The number of hydrogen-bond acceptors (Lipinski definition) is 3. The molecule has 1 aromatic carbocycles. The van der Waals surface area contributed by atoms with Gasteiger partial charge < -0.3 is 14.9 Å². The summed E-state index contributed by atoms with van der Waals surface area (Å²) in [5.41, 5.74) is 1.84. The number of aryl methyl sites for hydroxylation is 1. The van der Waals surface area contributed by atoms with Crippen molar-refractivity contribution < 1.29 is 14.9 Å². The normalized spacial score (nSPS) is 45.1. The molecule has 2 saturated carbocycles. The monoisotopic (exact) mass is 316 g/mol. The molecule has 4 rings (SSSR count). The van der Waals surface area contributed by atoms with Gasteiger partial charge in [-0.15, -0.1) is 0 Å². The van der Waals surface area contributed by atoms with Crippen LogP contribution in [0.4, 0.5) is 0 Å². The van der Waals surface area contributed by atoms with E-state index in [-0.39, 0.29) is 5.41 Å². The van der Waals surface area contributed by atoms with E-state index in [9.17, 15) is 10.2 Å². The molecule has 23 heavy (non-hydrogen) atoms. The van der Waals surface area contributed by atoms with Gasteiger partial charge in [-0.1, -0.05) is 13.0 Å². The van der Waals surface area contributed by atoms with Gasteiger partial charge in [-0.3, -0.25) is 0 Å². The van der Waals surface area contributed by atoms with Crippen molar-refractivity contribution in [1.82, 2.24) is 0 Å². The van der Waals surface area contributed by atoms with E-state index in [1.165, 1.54) is 11.1 Å². The van der Waals surface area contributed by atoms with Gasteiger partial charge in [0.05, 0.1) is 18.8 Å². The molecule has 2 N–H and O–H groups in total. The molecule has 1 aromatic rings. The van der Waals surface area contributed by atoms with Gasteiger partial charge in [0.2, 0.25) is 0 Å². The molecule has 3 nitrogen and oxygen atoms in total. The fourth-order valence-electron chi connectivity index (χ4n) is 6.02. The molecular weight excluding hydrogens is 288 g/mol. The number of methoxy groups -OCH3 is 1. The maximum absolute atomic E-state index is 10.7. The van der Waals surface area contributed by atoms with Crippen molar-refractivity contribution in [2.75, 3.05) is 7.11 Å². The van der Waals surface area contributed by atoms with Gasteiger partial charge in [0.1, 0.15) is 5.75 Å². The van der Waals surface area contributed by atoms with Crippen molar-refractivity contribution in [1.29, 1.82) is 0 Å². The van der Waals surface area contributed by atoms with Gasteiger partial charge in [0.15, 0.2) is 0 Å². The lowest BCUT2D eigenvalue weighted by Crippen LogP contribution is -2.46. The lowest BCUT2D eigenvalue weighted by molar-refractivity contribution is -0.0903. The second-order valence-corrected chi connectivity index (χ2v) is 8.49. The zero-order valence-electron chi connectivity index (χ0n) is 14.4. The van der Waals surface area contributed by atoms with E-state index in [1.54, 1.807) is 7.11 Å². The lowest BCUT2D eigenvalue weighted by Gasteiger charge is -2.50. The molecule has 3 heteroatoms. The summed E-state index contributed by atoms with van der Waals surface area (Å²) >= 11 is 0. The third kappa shape index (κ3) is 2.09. The smallest absolute Gasteiger partial charge is 0.119 e. The minimum atomic E-state index is -0.936. The van der Waals surface area contributed by atoms with Gasteiger partial charge in [0, 0.05) is 0 Å². The van der Waals surface area contributed by atoms with E-state index >= 15 is 0 Å². The first-order valence-electron chi connectivity index (χ1n) is 8.94. The first-order valence-corrected chi connectivity index (χ1v) is 8.94. The molecule has 0 amide bonds. The van der Waals surface area contributed by atoms with Crippen LogP contribution in [0.2, 0.25) is 0 Å². The van der Waals surface area contributed by atoms with Crippen LogP contribution in [0.25, 0.3) is 0 Å². The highest BCUT2D eigenvalue weighted by atomic mass is 16.5. The van der Waals surface area contributed by atoms with Crippen molar-refractivity contribution in [3.8, 4) is 5.75 Å². The Morgan fingerprint density at radius 1 is 1.22 bits per heavy atom. The van der Waals surface area contributed by atoms with Crippen LogP contribution in [0.1, 0.15) is 56.6 Å². The van der Waals surface area contributed by atoms with Crippen molar-refractivity contribution in [2.45, 2.75) is 63.6 Å². The van der Waals surface area contributed by atoms with E-state index in [0.29, 0.717) is 17.8 Å². The molecule has 0 unspecified atom stereocenters. The summed E-state index contributed by atoms with van der Waals surface area (Å²) in [5, 5.41) is 21.3. The summed E-state index contributed by atoms with van der Waals surface area (Å²) < 4.78 is 5.38. The molecule has 0 aromatic heterocycles. The quantitative estimate of drug-likeness (QED) is 0.836. The Bertz CT molecular complexity index is 623. The summed E-state index contributed by atoms with van der Waals surface area (Å²) in [4.78, 5) is 0. The van der Waals surface area contributed by atoms with Crippen molar-refractivity contribution in [3.63, 3.8) is 0 Å². The Labute approximate surface area is 138 Å². The summed E-state index contributed by atoms with van der Waals surface area (Å²) in [6.07, 6.45) is 4.49. The van der Waals surface area contributed by atoms with Crippen LogP contribution < -0.4 is 4.74 Å². The maximum atomic E-state index is 10.7. The van der Waals surface area contributed by atoms with Crippen LogP contribution in [0, 0.1) is 17.3 Å². The first kappa shape index (κ1) is 15.5. The zero-order valence-corrected chi connectivity index (χ0v) is 14.4. The highest BCUT2D eigenvalue weighted by molar-refractivity contribution is 5.40. The molecule has 0 radical (unpaired) electrons. The van der Waals surface area contributed by atoms with Crippen LogP contribution in [0.3, 0.4) is 0 Å². The third-order valence-electron chi connectivity index (χ3n) is 7.22. The molecule has 6 atom stereocenters. The third-order valence-corrected chi connectivity index (χ3v) is 7.22. The van der Waals surface area contributed by atoms with E-state index < -0.39 is 11.7 Å². The maximum Gasteiger partial charge on any atom is 0.119 e. The molecule has 0 saturated heterocycles. The topological polar surface area (TPSA) is 49.7 Å². The molecule has 0 spiro atoms. The standard InChI is InChI=1S/C20H28O3/c1-19-9-8-15-14-7-5-13(23-3)10-12(14)4-6-16(15)17(19)11-20(2,22)18(19)21/h5,7,10,15-18,21-22H,4,6,8-9,11H2,1-3H3/t15-,16-,17-,18+,19-,20+/m1/s1. The van der Waals surface area contributed by atoms with E-state index in [4.69, 9.17) is 4.74 Å². The molecule has 0 aliphatic heterocycles. The number of ether oxygens (including phenoxy) is 1. The number of hydrogen-bond donors (Lipinski definition) is 2. The zero-order chi connectivity index (χ0) is 16.4. The Balaban J connectivity index is 1.70. The van der Waals surface area contributed by atoms with E-state index in [0.717, 1.165) is 37.9 Å². The van der Waals surface area contributed by atoms with Crippen molar-refractivity contribution >= 4 is 0 Å². The number of rotatable bonds is 1. The van der Waals surface area contributed by atoms with E-state index in [2.05, 4.69) is 25.1 Å². The number of fused-ring (bicyclic) bond motifs is 5. The van der Waals surface area contributed by atoms with Crippen LogP contribution in [-0.2, 0) is 6.42 Å². The Morgan fingerprint density at radius 3 is 2.74 bits per heavy atom. The van der Waals surface area contributed by atoms with Crippen LogP contribution in [-0.4, -0.2) is 29.0 Å². The fraction of sp³-hybridized carbons (Fsp3) is 0.700. The van der Waals surface area contributed by atoms with Gasteiger partial charge >= 0.3 is 0 Å². The number of aliphatic hydroxyl groups excluding tert-OH is 1. The largest absolute Gasteiger partial charge is 0.497 e. The van der Waals surface area contributed by atoms with Gasteiger partial charge in [-0.2, -0.15) is 0 Å². The highest BCUT2D eigenvalue weighted by Crippen LogP contribution is 2.63. The van der Waals surface area contributed by atoms with Crippen LogP contribution in [0.15, 0.2) is 18.2 Å².